The zero-order valence-corrected chi connectivity index (χ0v) is 19.9. The van der Waals surface area contributed by atoms with Gasteiger partial charge in [0.05, 0.1) is 35.3 Å². The predicted octanol–water partition coefficient (Wildman–Crippen LogP) is 3.01. The topological polar surface area (TPSA) is 102 Å². The molecule has 4 heterocycles. The molecule has 2 aromatic carbocycles. The van der Waals surface area contributed by atoms with E-state index in [1.807, 2.05) is 71.9 Å². The number of rotatable bonds is 4. The standard InChI is InChI=1S/C27H24N6O3/c1-16-21(13-29-33(16)19-6-4-3-5-7-19)25-24(28-15-31(25)2)17-8-9-20-18(12-17)14-32(27(20)36)22-10-11-23(34)30-26(22)35/h3-9,12-13,15,22H,10-11,14H2,1-2H3,(H,30,34,35). The molecule has 2 aliphatic rings. The molecule has 0 aliphatic carbocycles. The summed E-state index contributed by atoms with van der Waals surface area (Å²) in [6.45, 7) is 2.35. The second-order valence-corrected chi connectivity index (χ2v) is 9.22. The highest BCUT2D eigenvalue weighted by molar-refractivity contribution is 6.05. The zero-order valence-electron chi connectivity index (χ0n) is 19.9. The third-order valence-corrected chi connectivity index (χ3v) is 7.00. The van der Waals surface area contributed by atoms with Crippen LogP contribution in [0, 0.1) is 6.92 Å². The van der Waals surface area contributed by atoms with E-state index in [9.17, 15) is 14.4 Å². The van der Waals surface area contributed by atoms with Gasteiger partial charge in [-0.2, -0.15) is 5.10 Å². The molecule has 4 aromatic rings. The quantitative estimate of drug-likeness (QED) is 0.453. The van der Waals surface area contributed by atoms with Crippen molar-refractivity contribution < 1.29 is 14.4 Å². The van der Waals surface area contributed by atoms with Crippen LogP contribution in [0.25, 0.3) is 28.2 Å². The Balaban J connectivity index is 1.35. The van der Waals surface area contributed by atoms with Crippen molar-refractivity contribution in [3.8, 4) is 28.2 Å². The Labute approximate surface area is 207 Å². The van der Waals surface area contributed by atoms with Crippen LogP contribution in [0.15, 0.2) is 61.1 Å². The summed E-state index contributed by atoms with van der Waals surface area (Å²) in [5, 5.41) is 6.97. The summed E-state index contributed by atoms with van der Waals surface area (Å²) in [6, 6.07) is 15.0. The number of hydrogen-bond donors (Lipinski definition) is 1. The van der Waals surface area contributed by atoms with Gasteiger partial charge in [-0.1, -0.05) is 24.3 Å². The normalized spacial score (nSPS) is 17.4. The summed E-state index contributed by atoms with van der Waals surface area (Å²) >= 11 is 0. The fraction of sp³-hybridized carbons (Fsp3) is 0.222. The number of fused-ring (bicyclic) bond motifs is 1. The third kappa shape index (κ3) is 3.43. The summed E-state index contributed by atoms with van der Waals surface area (Å²) in [5.74, 6) is -0.894. The van der Waals surface area contributed by atoms with Crippen molar-refractivity contribution >= 4 is 17.7 Å². The molecule has 2 aromatic heterocycles. The maximum atomic E-state index is 13.1. The third-order valence-electron chi connectivity index (χ3n) is 7.00. The van der Waals surface area contributed by atoms with E-state index in [0.29, 0.717) is 18.5 Å². The molecule has 180 valence electrons. The van der Waals surface area contributed by atoms with Crippen LogP contribution < -0.4 is 5.32 Å². The Morgan fingerprint density at radius 3 is 2.61 bits per heavy atom. The minimum absolute atomic E-state index is 0.188. The van der Waals surface area contributed by atoms with Gasteiger partial charge in [0.1, 0.15) is 6.04 Å². The van der Waals surface area contributed by atoms with Gasteiger partial charge in [-0.05, 0) is 43.2 Å². The zero-order chi connectivity index (χ0) is 25.0. The number of carbonyl (C=O) groups is 3. The summed E-state index contributed by atoms with van der Waals surface area (Å²) in [5.41, 5.74) is 6.97. The SMILES string of the molecule is Cc1c(-c2c(-c3ccc4c(c3)CN(C3CCC(=O)NC3=O)C4=O)ncn2C)cnn1-c1ccccc1. The summed E-state index contributed by atoms with van der Waals surface area (Å²) in [7, 11) is 1.95. The second kappa shape index (κ2) is 8.30. The van der Waals surface area contributed by atoms with E-state index < -0.39 is 11.9 Å². The van der Waals surface area contributed by atoms with Gasteiger partial charge in [0.25, 0.3) is 5.91 Å². The van der Waals surface area contributed by atoms with Gasteiger partial charge < -0.3 is 9.47 Å². The lowest BCUT2D eigenvalue weighted by molar-refractivity contribution is -0.136. The van der Waals surface area contributed by atoms with Crippen molar-refractivity contribution in [1.29, 1.82) is 0 Å². The number of nitrogens with one attached hydrogen (secondary N) is 1. The summed E-state index contributed by atoms with van der Waals surface area (Å²) < 4.78 is 3.88. The van der Waals surface area contributed by atoms with Crippen molar-refractivity contribution in [1.82, 2.24) is 29.5 Å². The Hall–Kier alpha value is -4.53. The van der Waals surface area contributed by atoms with Crippen molar-refractivity contribution in [2.75, 3.05) is 0 Å². The first-order valence-corrected chi connectivity index (χ1v) is 11.8. The first-order valence-electron chi connectivity index (χ1n) is 11.8. The minimum atomic E-state index is -0.636. The second-order valence-electron chi connectivity index (χ2n) is 9.22. The van der Waals surface area contributed by atoms with E-state index in [-0.39, 0.29) is 18.2 Å². The first-order chi connectivity index (χ1) is 17.4. The van der Waals surface area contributed by atoms with Crippen LogP contribution in [0.4, 0.5) is 0 Å². The molecule has 6 rings (SSSR count). The Bertz CT molecular complexity index is 1530. The van der Waals surface area contributed by atoms with Crippen molar-refractivity contribution in [2.45, 2.75) is 32.4 Å². The lowest BCUT2D eigenvalue weighted by Crippen LogP contribution is -2.52. The number of benzene rings is 2. The van der Waals surface area contributed by atoms with Crippen LogP contribution in [-0.4, -0.2) is 48.0 Å². The van der Waals surface area contributed by atoms with E-state index in [2.05, 4.69) is 15.4 Å². The Morgan fingerprint density at radius 1 is 1.03 bits per heavy atom. The fourth-order valence-electron chi connectivity index (χ4n) is 5.15. The Morgan fingerprint density at radius 2 is 1.83 bits per heavy atom. The number of aryl methyl sites for hydroxylation is 1. The molecule has 9 heteroatoms. The Kier molecular flexibility index (Phi) is 5.06. The molecule has 36 heavy (non-hydrogen) atoms. The van der Waals surface area contributed by atoms with Crippen LogP contribution in [0.1, 0.15) is 34.5 Å². The number of carbonyl (C=O) groups excluding carboxylic acids is 3. The van der Waals surface area contributed by atoms with E-state index in [1.54, 1.807) is 17.3 Å². The van der Waals surface area contributed by atoms with Gasteiger partial charge in [-0.25, -0.2) is 9.67 Å². The van der Waals surface area contributed by atoms with Gasteiger partial charge in [0.2, 0.25) is 11.8 Å². The molecule has 0 saturated carbocycles. The van der Waals surface area contributed by atoms with Gasteiger partial charge in [0.15, 0.2) is 0 Å². The van der Waals surface area contributed by atoms with Gasteiger partial charge in [0, 0.05) is 36.7 Å². The highest BCUT2D eigenvalue weighted by Gasteiger charge is 2.39. The number of imide groups is 1. The van der Waals surface area contributed by atoms with Crippen molar-refractivity contribution in [2.24, 2.45) is 7.05 Å². The fourth-order valence-corrected chi connectivity index (χ4v) is 5.15. The highest BCUT2D eigenvalue weighted by atomic mass is 16.2. The van der Waals surface area contributed by atoms with Crippen LogP contribution in [0.5, 0.6) is 0 Å². The van der Waals surface area contributed by atoms with Crippen LogP contribution in [0.2, 0.25) is 0 Å². The molecule has 1 unspecified atom stereocenters. The summed E-state index contributed by atoms with van der Waals surface area (Å²) in [4.78, 5) is 43.2. The van der Waals surface area contributed by atoms with E-state index >= 15 is 0 Å². The lowest BCUT2D eigenvalue weighted by Gasteiger charge is -2.29. The lowest BCUT2D eigenvalue weighted by atomic mass is 10.0. The summed E-state index contributed by atoms with van der Waals surface area (Å²) in [6.07, 6.45) is 4.20. The van der Waals surface area contributed by atoms with E-state index in [0.717, 1.165) is 39.5 Å². The smallest absolute Gasteiger partial charge is 0.255 e. The number of amides is 3. The number of piperidine rings is 1. The molecule has 0 bridgehead atoms. The molecule has 0 radical (unpaired) electrons. The molecule has 2 aliphatic heterocycles. The average molecular weight is 481 g/mol. The van der Waals surface area contributed by atoms with Crippen molar-refractivity contribution in [3.63, 3.8) is 0 Å². The monoisotopic (exact) mass is 480 g/mol. The molecular formula is C27H24N6O3. The van der Waals surface area contributed by atoms with E-state index in [1.165, 1.54) is 0 Å². The predicted molar refractivity (Wildman–Crippen MR) is 132 cm³/mol. The number of hydrogen-bond acceptors (Lipinski definition) is 5. The van der Waals surface area contributed by atoms with Gasteiger partial charge in [-0.3, -0.25) is 19.7 Å². The van der Waals surface area contributed by atoms with Crippen LogP contribution >= 0.6 is 0 Å². The van der Waals surface area contributed by atoms with Crippen LogP contribution in [0.3, 0.4) is 0 Å². The molecule has 1 atom stereocenters. The molecule has 9 nitrogen and oxygen atoms in total. The van der Waals surface area contributed by atoms with Crippen LogP contribution in [-0.2, 0) is 23.2 Å². The molecule has 1 N–H and O–H groups in total. The minimum Gasteiger partial charge on any atom is -0.333 e. The highest BCUT2D eigenvalue weighted by Crippen LogP contribution is 2.36. The largest absolute Gasteiger partial charge is 0.333 e. The van der Waals surface area contributed by atoms with Gasteiger partial charge >= 0.3 is 0 Å². The number of para-hydroxylation sites is 1. The maximum Gasteiger partial charge on any atom is 0.255 e. The molecule has 1 saturated heterocycles. The molecule has 3 amide bonds. The molecule has 0 spiro atoms. The molecule has 1 fully saturated rings. The van der Waals surface area contributed by atoms with Crippen molar-refractivity contribution in [3.05, 3.63) is 77.9 Å². The van der Waals surface area contributed by atoms with Gasteiger partial charge in [-0.15, -0.1) is 0 Å². The number of aromatic nitrogens is 4. The number of imidazole rings is 1. The van der Waals surface area contributed by atoms with E-state index in [4.69, 9.17) is 0 Å². The average Bonchev–Trinajstić information content (AvgIpc) is 3.54. The number of nitrogens with zero attached hydrogens (tertiary/aromatic N) is 5. The maximum absolute atomic E-state index is 13.1. The first kappa shape index (κ1) is 22.0. The molecular weight excluding hydrogens is 456 g/mol.